The Hall–Kier alpha value is -0.610. The summed E-state index contributed by atoms with van der Waals surface area (Å²) in [7, 11) is 2.07. The fraction of sp³-hybridized carbons (Fsp3) is 0.909. The van der Waals surface area contributed by atoms with Gasteiger partial charge in [-0.3, -0.25) is 9.69 Å². The van der Waals surface area contributed by atoms with Gasteiger partial charge in [0.1, 0.15) is 5.54 Å². The second-order valence-electron chi connectivity index (χ2n) is 5.45. The second kappa shape index (κ2) is 3.46. The zero-order valence-corrected chi connectivity index (χ0v) is 9.89. The molecule has 1 unspecified atom stereocenters. The Bertz CT molecular complexity index is 277. The van der Waals surface area contributed by atoms with Crippen LogP contribution in [0, 0.1) is 0 Å². The summed E-state index contributed by atoms with van der Waals surface area (Å²) in [6.45, 7) is 7.00. The number of rotatable bonds is 0. The Morgan fingerprint density at radius 3 is 2.67 bits per heavy atom. The van der Waals surface area contributed by atoms with Crippen LogP contribution in [0.2, 0.25) is 0 Å². The fourth-order valence-electron chi connectivity index (χ4n) is 2.90. The van der Waals surface area contributed by atoms with Crippen LogP contribution < -0.4 is 10.6 Å². The summed E-state index contributed by atoms with van der Waals surface area (Å²) in [5.41, 5.74) is -0.214. The van der Waals surface area contributed by atoms with Gasteiger partial charge in [0.25, 0.3) is 0 Å². The minimum Gasteiger partial charge on any atom is -0.353 e. The molecule has 1 amide bonds. The van der Waals surface area contributed by atoms with Gasteiger partial charge in [-0.25, -0.2) is 0 Å². The molecule has 0 aromatic carbocycles. The maximum Gasteiger partial charge on any atom is 0.240 e. The summed E-state index contributed by atoms with van der Waals surface area (Å²) < 4.78 is 0. The van der Waals surface area contributed by atoms with Crippen molar-refractivity contribution in [2.75, 3.05) is 26.7 Å². The molecule has 0 radical (unpaired) electrons. The van der Waals surface area contributed by atoms with E-state index in [-0.39, 0.29) is 17.0 Å². The predicted octanol–water partition coefficient (Wildman–Crippen LogP) is -0.0512. The standard InChI is InChI=1S/C11H21N3O/c1-10(2)8-11(4-5-13-10)9(15)12-6-7-14(11)3/h13H,4-8H2,1-3H3,(H,12,15). The van der Waals surface area contributed by atoms with Gasteiger partial charge in [-0.2, -0.15) is 0 Å². The molecule has 2 N–H and O–H groups in total. The van der Waals surface area contributed by atoms with E-state index in [1.807, 2.05) is 0 Å². The van der Waals surface area contributed by atoms with E-state index in [4.69, 9.17) is 0 Å². The highest BCUT2D eigenvalue weighted by atomic mass is 16.2. The average Bonchev–Trinajstić information content (AvgIpc) is 2.13. The highest BCUT2D eigenvalue weighted by Gasteiger charge is 2.49. The van der Waals surface area contributed by atoms with Crippen LogP contribution in [0.4, 0.5) is 0 Å². The lowest BCUT2D eigenvalue weighted by atomic mass is 9.75. The number of carbonyl (C=O) groups is 1. The monoisotopic (exact) mass is 211 g/mol. The molecule has 2 aliphatic rings. The maximum absolute atomic E-state index is 12.1. The van der Waals surface area contributed by atoms with E-state index in [9.17, 15) is 4.79 Å². The highest BCUT2D eigenvalue weighted by molar-refractivity contribution is 5.87. The van der Waals surface area contributed by atoms with Gasteiger partial charge < -0.3 is 10.6 Å². The summed E-state index contributed by atoms with van der Waals surface area (Å²) in [5, 5.41) is 6.47. The van der Waals surface area contributed by atoms with Crippen LogP contribution in [0.3, 0.4) is 0 Å². The SMILES string of the molecule is CN1CCNC(=O)C12CCNC(C)(C)C2. The third kappa shape index (κ3) is 1.76. The van der Waals surface area contributed by atoms with E-state index in [1.54, 1.807) is 0 Å². The first-order valence-corrected chi connectivity index (χ1v) is 5.71. The summed E-state index contributed by atoms with van der Waals surface area (Å²) in [5.74, 6) is 0.214. The molecule has 4 heteroatoms. The fourth-order valence-corrected chi connectivity index (χ4v) is 2.90. The molecule has 0 bridgehead atoms. The van der Waals surface area contributed by atoms with Crippen LogP contribution >= 0.6 is 0 Å². The van der Waals surface area contributed by atoms with Crippen LogP contribution in [0.5, 0.6) is 0 Å². The second-order valence-corrected chi connectivity index (χ2v) is 5.45. The number of piperidine rings is 1. The largest absolute Gasteiger partial charge is 0.353 e. The molecule has 4 nitrogen and oxygen atoms in total. The number of hydrogen-bond donors (Lipinski definition) is 2. The third-order valence-corrected chi connectivity index (χ3v) is 3.76. The number of piperazine rings is 1. The number of amides is 1. The van der Waals surface area contributed by atoms with Crippen molar-refractivity contribution in [2.45, 2.75) is 37.8 Å². The lowest BCUT2D eigenvalue weighted by Crippen LogP contribution is -2.70. The first kappa shape index (κ1) is 10.9. The predicted molar refractivity (Wildman–Crippen MR) is 59.7 cm³/mol. The van der Waals surface area contributed by atoms with E-state index in [0.717, 1.165) is 32.5 Å². The molecule has 1 spiro atoms. The minimum absolute atomic E-state index is 0.0567. The van der Waals surface area contributed by atoms with Crippen LogP contribution in [0.1, 0.15) is 26.7 Å². The highest BCUT2D eigenvalue weighted by Crippen LogP contribution is 2.33. The molecule has 1 atom stereocenters. The molecular formula is C11H21N3O. The van der Waals surface area contributed by atoms with Gasteiger partial charge >= 0.3 is 0 Å². The molecule has 2 fully saturated rings. The Labute approximate surface area is 91.4 Å². The Kier molecular flexibility index (Phi) is 2.51. The number of carbonyl (C=O) groups excluding carboxylic acids is 1. The van der Waals surface area contributed by atoms with Gasteiger partial charge in [-0.15, -0.1) is 0 Å². The first-order chi connectivity index (χ1) is 6.96. The summed E-state index contributed by atoms with van der Waals surface area (Å²) >= 11 is 0. The number of likely N-dealkylation sites (N-methyl/N-ethyl adjacent to an activating group) is 1. The molecule has 2 heterocycles. The van der Waals surface area contributed by atoms with E-state index in [1.165, 1.54) is 0 Å². The molecule has 0 aromatic rings. The van der Waals surface area contributed by atoms with Gasteiger partial charge in [0.2, 0.25) is 5.91 Å². The molecule has 2 saturated heterocycles. The zero-order chi connectivity index (χ0) is 11.1. The molecule has 0 aliphatic carbocycles. The topological polar surface area (TPSA) is 44.4 Å². The van der Waals surface area contributed by atoms with Gasteiger partial charge in [-0.1, -0.05) is 0 Å². The normalized spacial score (nSPS) is 36.6. The van der Waals surface area contributed by atoms with Gasteiger partial charge in [0.05, 0.1) is 0 Å². The zero-order valence-electron chi connectivity index (χ0n) is 9.89. The van der Waals surface area contributed by atoms with Crippen molar-refractivity contribution in [3.05, 3.63) is 0 Å². The van der Waals surface area contributed by atoms with Gasteiger partial charge in [-0.05, 0) is 40.3 Å². The lowest BCUT2D eigenvalue weighted by molar-refractivity contribution is -0.140. The molecule has 0 saturated carbocycles. The molecule has 2 rings (SSSR count). The van der Waals surface area contributed by atoms with Crippen LogP contribution in [-0.4, -0.2) is 48.6 Å². The first-order valence-electron chi connectivity index (χ1n) is 5.71. The quantitative estimate of drug-likeness (QED) is 0.590. The molecular weight excluding hydrogens is 190 g/mol. The van der Waals surface area contributed by atoms with Crippen molar-refractivity contribution in [1.29, 1.82) is 0 Å². The molecule has 86 valence electrons. The van der Waals surface area contributed by atoms with Crippen LogP contribution in [-0.2, 0) is 4.79 Å². The van der Waals surface area contributed by atoms with Crippen molar-refractivity contribution in [3.8, 4) is 0 Å². The number of hydrogen-bond acceptors (Lipinski definition) is 3. The van der Waals surface area contributed by atoms with Crippen molar-refractivity contribution >= 4 is 5.91 Å². The summed E-state index contributed by atoms with van der Waals surface area (Å²) in [6.07, 6.45) is 1.81. The van der Waals surface area contributed by atoms with E-state index in [0.29, 0.717) is 0 Å². The Balaban J connectivity index is 2.25. The summed E-state index contributed by atoms with van der Waals surface area (Å²) in [6, 6.07) is 0. The molecule has 2 aliphatic heterocycles. The van der Waals surface area contributed by atoms with Crippen molar-refractivity contribution < 1.29 is 4.79 Å². The summed E-state index contributed by atoms with van der Waals surface area (Å²) in [4.78, 5) is 14.3. The van der Waals surface area contributed by atoms with Crippen molar-refractivity contribution in [3.63, 3.8) is 0 Å². The minimum atomic E-state index is -0.271. The van der Waals surface area contributed by atoms with E-state index in [2.05, 4.69) is 36.4 Å². The number of nitrogens with zero attached hydrogens (tertiary/aromatic N) is 1. The van der Waals surface area contributed by atoms with Gasteiger partial charge in [0, 0.05) is 18.6 Å². The Morgan fingerprint density at radius 1 is 1.33 bits per heavy atom. The maximum atomic E-state index is 12.1. The van der Waals surface area contributed by atoms with Crippen LogP contribution in [0.25, 0.3) is 0 Å². The van der Waals surface area contributed by atoms with E-state index >= 15 is 0 Å². The lowest BCUT2D eigenvalue weighted by Gasteiger charge is -2.51. The van der Waals surface area contributed by atoms with E-state index < -0.39 is 0 Å². The Morgan fingerprint density at radius 2 is 2.07 bits per heavy atom. The average molecular weight is 211 g/mol. The van der Waals surface area contributed by atoms with Gasteiger partial charge in [0.15, 0.2) is 0 Å². The third-order valence-electron chi connectivity index (χ3n) is 3.76. The molecule has 15 heavy (non-hydrogen) atoms. The molecule has 0 aromatic heterocycles. The van der Waals surface area contributed by atoms with Crippen LogP contribution in [0.15, 0.2) is 0 Å². The number of nitrogens with one attached hydrogen (secondary N) is 2. The smallest absolute Gasteiger partial charge is 0.240 e. The van der Waals surface area contributed by atoms with Crippen molar-refractivity contribution in [2.24, 2.45) is 0 Å². The van der Waals surface area contributed by atoms with Crippen molar-refractivity contribution in [1.82, 2.24) is 15.5 Å².